The van der Waals surface area contributed by atoms with Gasteiger partial charge in [-0.2, -0.15) is 0 Å². The van der Waals surface area contributed by atoms with Crippen molar-refractivity contribution in [1.29, 1.82) is 0 Å². The van der Waals surface area contributed by atoms with Gasteiger partial charge in [-0.15, -0.1) is 0 Å². The van der Waals surface area contributed by atoms with E-state index in [-0.39, 0.29) is 17.6 Å². The molecule has 2 saturated heterocycles. The molecule has 0 aromatic carbocycles. The molecule has 2 unspecified atom stereocenters. The average Bonchev–Trinajstić information content (AvgIpc) is 2.06. The Labute approximate surface area is 59.7 Å². The molecule has 2 aliphatic heterocycles. The lowest BCUT2D eigenvalue weighted by Crippen LogP contribution is -2.44. The first-order chi connectivity index (χ1) is 4.68. The summed E-state index contributed by atoms with van der Waals surface area (Å²) in [6.45, 7) is 2.70. The zero-order valence-corrected chi connectivity index (χ0v) is 6.02. The second-order valence-electron chi connectivity index (χ2n) is 3.41. The highest BCUT2D eigenvalue weighted by Crippen LogP contribution is 2.31. The first kappa shape index (κ1) is 6.16. The van der Waals surface area contributed by atoms with Crippen molar-refractivity contribution >= 4 is 5.91 Å². The highest BCUT2D eigenvalue weighted by atomic mass is 16.5. The van der Waals surface area contributed by atoms with Crippen LogP contribution in [-0.4, -0.2) is 24.2 Å². The van der Waals surface area contributed by atoms with Crippen molar-refractivity contribution in [2.75, 3.05) is 6.61 Å². The minimum absolute atomic E-state index is 0.135. The van der Waals surface area contributed by atoms with Crippen LogP contribution in [0.5, 0.6) is 0 Å². The predicted octanol–water partition coefficient (Wildman–Crippen LogP) is 0.0539. The third-order valence-corrected chi connectivity index (χ3v) is 2.21. The van der Waals surface area contributed by atoms with Crippen molar-refractivity contribution in [2.45, 2.75) is 31.4 Å². The number of hydrogen-bond donors (Lipinski definition) is 1. The summed E-state index contributed by atoms with van der Waals surface area (Å²) in [5.41, 5.74) is -0.146. The number of nitrogens with one attached hydrogen (secondary N) is 1. The van der Waals surface area contributed by atoms with Gasteiger partial charge in [0, 0.05) is 0 Å². The highest BCUT2D eigenvalue weighted by Gasteiger charge is 2.42. The van der Waals surface area contributed by atoms with Crippen LogP contribution in [0.15, 0.2) is 0 Å². The quantitative estimate of drug-likeness (QED) is 0.517. The zero-order valence-electron chi connectivity index (χ0n) is 6.02. The number of amides is 1. The molecule has 0 radical (unpaired) electrons. The normalized spacial score (nSPS) is 45.3. The van der Waals surface area contributed by atoms with Crippen LogP contribution in [0.2, 0.25) is 0 Å². The molecule has 56 valence electrons. The fraction of sp³-hybridized carbons (Fsp3) is 0.857. The molecule has 0 saturated carbocycles. The molecule has 0 aromatic rings. The summed E-state index contributed by atoms with van der Waals surface area (Å²) in [5.74, 6) is 0.135. The first-order valence-corrected chi connectivity index (χ1v) is 3.61. The van der Waals surface area contributed by atoms with Crippen LogP contribution < -0.4 is 5.32 Å². The minimum atomic E-state index is -0.146. The Morgan fingerprint density at radius 2 is 2.60 bits per heavy atom. The molecule has 2 rings (SSSR count). The minimum Gasteiger partial charge on any atom is -0.373 e. The SMILES string of the molecule is CC12CC(=O)NC(CO1)C2. The van der Waals surface area contributed by atoms with Crippen LogP contribution in [0.3, 0.4) is 0 Å². The molecule has 3 heteroatoms. The van der Waals surface area contributed by atoms with Crippen LogP contribution in [0.25, 0.3) is 0 Å². The van der Waals surface area contributed by atoms with Gasteiger partial charge < -0.3 is 10.1 Å². The standard InChI is InChI=1S/C7H11NO2/c1-7-2-5(4-10-7)8-6(9)3-7/h5H,2-4H2,1H3,(H,8,9). The van der Waals surface area contributed by atoms with Crippen LogP contribution >= 0.6 is 0 Å². The number of fused-ring (bicyclic) bond motifs is 2. The summed E-state index contributed by atoms with van der Waals surface area (Å²) >= 11 is 0. The molecule has 1 amide bonds. The molecule has 2 heterocycles. The number of piperidine rings is 1. The van der Waals surface area contributed by atoms with Crippen molar-refractivity contribution in [3.8, 4) is 0 Å². The largest absolute Gasteiger partial charge is 0.373 e. The molecule has 2 atom stereocenters. The molecule has 2 aliphatic rings. The third-order valence-electron chi connectivity index (χ3n) is 2.21. The summed E-state index contributed by atoms with van der Waals surface area (Å²) in [6, 6.07) is 0.284. The van der Waals surface area contributed by atoms with E-state index in [1.54, 1.807) is 0 Å². The van der Waals surface area contributed by atoms with Gasteiger partial charge in [0.2, 0.25) is 5.91 Å². The van der Waals surface area contributed by atoms with Gasteiger partial charge in [0.15, 0.2) is 0 Å². The van der Waals surface area contributed by atoms with Crippen LogP contribution in [0, 0.1) is 0 Å². The van der Waals surface area contributed by atoms with Gasteiger partial charge in [-0.3, -0.25) is 4.79 Å². The van der Waals surface area contributed by atoms with Crippen molar-refractivity contribution in [1.82, 2.24) is 5.32 Å². The molecule has 0 aromatic heterocycles. The fourth-order valence-corrected chi connectivity index (χ4v) is 1.78. The number of hydrogen-bond acceptors (Lipinski definition) is 2. The van der Waals surface area contributed by atoms with Gasteiger partial charge in [-0.25, -0.2) is 0 Å². The van der Waals surface area contributed by atoms with E-state index in [0.29, 0.717) is 13.0 Å². The van der Waals surface area contributed by atoms with Gasteiger partial charge in [-0.05, 0) is 13.3 Å². The smallest absolute Gasteiger partial charge is 0.223 e. The number of carbonyl (C=O) groups is 1. The molecule has 2 bridgehead atoms. The molecule has 10 heavy (non-hydrogen) atoms. The number of rotatable bonds is 0. The van der Waals surface area contributed by atoms with Gasteiger partial charge in [0.05, 0.1) is 24.7 Å². The van der Waals surface area contributed by atoms with E-state index in [2.05, 4.69) is 5.32 Å². The third kappa shape index (κ3) is 0.814. The lowest BCUT2D eigenvalue weighted by Gasteiger charge is -2.26. The van der Waals surface area contributed by atoms with Gasteiger partial charge >= 0.3 is 0 Å². The molecular weight excluding hydrogens is 130 g/mol. The Morgan fingerprint density at radius 1 is 1.80 bits per heavy atom. The number of ether oxygens (including phenoxy) is 1. The topological polar surface area (TPSA) is 38.3 Å². The Hall–Kier alpha value is -0.570. The summed E-state index contributed by atoms with van der Waals surface area (Å²) in [4.78, 5) is 10.9. The average molecular weight is 141 g/mol. The van der Waals surface area contributed by atoms with E-state index in [1.807, 2.05) is 6.92 Å². The Bertz CT molecular complexity index is 180. The predicted molar refractivity (Wildman–Crippen MR) is 35.5 cm³/mol. The van der Waals surface area contributed by atoms with Gasteiger partial charge in [0.1, 0.15) is 0 Å². The van der Waals surface area contributed by atoms with Gasteiger partial charge in [-0.1, -0.05) is 0 Å². The van der Waals surface area contributed by atoms with Crippen LogP contribution in [0.1, 0.15) is 19.8 Å². The van der Waals surface area contributed by atoms with E-state index < -0.39 is 0 Å². The lowest BCUT2D eigenvalue weighted by molar-refractivity contribution is -0.126. The second-order valence-corrected chi connectivity index (χ2v) is 3.41. The van der Waals surface area contributed by atoms with E-state index in [0.717, 1.165) is 6.42 Å². The maximum absolute atomic E-state index is 10.9. The monoisotopic (exact) mass is 141 g/mol. The zero-order chi connectivity index (χ0) is 7.19. The summed E-state index contributed by atoms with van der Waals surface area (Å²) in [6.07, 6.45) is 1.52. The van der Waals surface area contributed by atoms with Gasteiger partial charge in [0.25, 0.3) is 0 Å². The second kappa shape index (κ2) is 1.72. The summed E-state index contributed by atoms with van der Waals surface area (Å²) < 4.78 is 5.45. The number of carbonyl (C=O) groups excluding carboxylic acids is 1. The fourth-order valence-electron chi connectivity index (χ4n) is 1.78. The Morgan fingerprint density at radius 3 is 3.30 bits per heavy atom. The van der Waals surface area contributed by atoms with Crippen LogP contribution in [-0.2, 0) is 9.53 Å². The molecule has 0 aliphatic carbocycles. The molecule has 2 fully saturated rings. The van der Waals surface area contributed by atoms with E-state index in [1.165, 1.54) is 0 Å². The molecule has 0 spiro atoms. The van der Waals surface area contributed by atoms with Crippen molar-refractivity contribution in [2.24, 2.45) is 0 Å². The molecule has 3 nitrogen and oxygen atoms in total. The maximum atomic E-state index is 10.9. The summed E-state index contributed by atoms with van der Waals surface area (Å²) in [7, 11) is 0. The highest BCUT2D eigenvalue weighted by molar-refractivity contribution is 5.78. The van der Waals surface area contributed by atoms with Crippen molar-refractivity contribution in [3.63, 3.8) is 0 Å². The molecule has 1 N–H and O–H groups in total. The Balaban J connectivity index is 2.20. The van der Waals surface area contributed by atoms with E-state index in [4.69, 9.17) is 4.74 Å². The van der Waals surface area contributed by atoms with Crippen molar-refractivity contribution < 1.29 is 9.53 Å². The van der Waals surface area contributed by atoms with E-state index in [9.17, 15) is 4.79 Å². The lowest BCUT2D eigenvalue weighted by atomic mass is 9.92. The maximum Gasteiger partial charge on any atom is 0.223 e. The van der Waals surface area contributed by atoms with Crippen LogP contribution in [0.4, 0.5) is 0 Å². The molecular formula is C7H11NO2. The summed E-state index contributed by atoms with van der Waals surface area (Å²) in [5, 5.41) is 2.87. The first-order valence-electron chi connectivity index (χ1n) is 3.61. The van der Waals surface area contributed by atoms with Crippen molar-refractivity contribution in [3.05, 3.63) is 0 Å². The van der Waals surface area contributed by atoms with E-state index >= 15 is 0 Å². The Kier molecular flexibility index (Phi) is 1.06.